The first-order chi connectivity index (χ1) is 9.57. The molecule has 1 aliphatic rings. The summed E-state index contributed by atoms with van der Waals surface area (Å²) in [4.78, 5) is 27.9. The summed E-state index contributed by atoms with van der Waals surface area (Å²) >= 11 is 1.28. The molecular formula is C14H21N3O2S. The van der Waals surface area contributed by atoms with Gasteiger partial charge in [-0.15, -0.1) is 11.3 Å². The lowest BCUT2D eigenvalue weighted by Crippen LogP contribution is -2.42. The number of thiazole rings is 1. The van der Waals surface area contributed by atoms with Crippen molar-refractivity contribution in [3.05, 3.63) is 11.1 Å². The van der Waals surface area contributed by atoms with E-state index in [9.17, 15) is 9.59 Å². The normalized spacial score (nSPS) is 18.3. The summed E-state index contributed by atoms with van der Waals surface area (Å²) in [5, 5.41) is 4.99. The van der Waals surface area contributed by atoms with Crippen LogP contribution in [0.5, 0.6) is 0 Å². The zero-order chi connectivity index (χ0) is 14.6. The Morgan fingerprint density at radius 3 is 2.50 bits per heavy atom. The highest BCUT2D eigenvalue weighted by molar-refractivity contribution is 7.14. The third-order valence-corrected chi connectivity index (χ3v) is 4.78. The van der Waals surface area contributed by atoms with Crippen LogP contribution < -0.4 is 11.1 Å². The van der Waals surface area contributed by atoms with E-state index in [1.54, 1.807) is 5.38 Å². The number of Topliss-reactive ketones (excluding diaryl/α,β-unsaturated/α-hetero) is 1. The van der Waals surface area contributed by atoms with Gasteiger partial charge >= 0.3 is 0 Å². The Labute approximate surface area is 123 Å². The molecule has 3 N–H and O–H groups in total. The zero-order valence-electron chi connectivity index (χ0n) is 11.8. The Morgan fingerprint density at radius 2 is 2.00 bits per heavy atom. The number of amides is 1. The number of anilines is 1. The van der Waals surface area contributed by atoms with E-state index in [1.807, 2.05) is 0 Å². The molecule has 2 rings (SSSR count). The number of hydrogen-bond donors (Lipinski definition) is 2. The largest absolute Gasteiger partial charge is 0.329 e. The molecule has 0 aromatic carbocycles. The van der Waals surface area contributed by atoms with E-state index in [0.717, 1.165) is 25.7 Å². The molecular weight excluding hydrogens is 274 g/mol. The van der Waals surface area contributed by atoms with Gasteiger partial charge in [0.15, 0.2) is 10.9 Å². The summed E-state index contributed by atoms with van der Waals surface area (Å²) < 4.78 is 0. The number of nitrogens with two attached hydrogens (primary N) is 1. The maximum atomic E-state index is 12.5. The topological polar surface area (TPSA) is 85.1 Å². The molecule has 1 saturated carbocycles. The minimum absolute atomic E-state index is 0.0497. The van der Waals surface area contributed by atoms with Gasteiger partial charge in [-0.3, -0.25) is 9.59 Å². The first-order valence-corrected chi connectivity index (χ1v) is 7.93. The summed E-state index contributed by atoms with van der Waals surface area (Å²) in [5.74, 6) is -0.142. The van der Waals surface area contributed by atoms with Crippen molar-refractivity contribution >= 4 is 28.2 Å². The fourth-order valence-electron chi connectivity index (χ4n) is 2.65. The van der Waals surface area contributed by atoms with Crippen LogP contribution in [0.25, 0.3) is 0 Å². The molecule has 1 heterocycles. The average Bonchev–Trinajstić information content (AvgIpc) is 2.75. The lowest BCUT2D eigenvalue weighted by molar-refractivity contribution is -0.125. The van der Waals surface area contributed by atoms with Gasteiger partial charge in [-0.2, -0.15) is 0 Å². The molecule has 0 bridgehead atoms. The van der Waals surface area contributed by atoms with Crippen LogP contribution in [0.4, 0.5) is 5.13 Å². The minimum Gasteiger partial charge on any atom is -0.329 e. The molecule has 0 aliphatic heterocycles. The molecule has 0 radical (unpaired) electrons. The van der Waals surface area contributed by atoms with Gasteiger partial charge in [0, 0.05) is 18.8 Å². The quantitative estimate of drug-likeness (QED) is 0.660. The molecule has 0 saturated heterocycles. The Hall–Kier alpha value is -1.27. The lowest BCUT2D eigenvalue weighted by atomic mass is 9.79. The van der Waals surface area contributed by atoms with Crippen molar-refractivity contribution in [3.63, 3.8) is 0 Å². The average molecular weight is 295 g/mol. The van der Waals surface area contributed by atoms with Crippen molar-refractivity contribution in [2.45, 2.75) is 45.4 Å². The van der Waals surface area contributed by atoms with E-state index in [4.69, 9.17) is 5.73 Å². The summed E-state index contributed by atoms with van der Waals surface area (Å²) in [5.41, 5.74) is 5.81. The molecule has 5 nitrogen and oxygen atoms in total. The van der Waals surface area contributed by atoms with E-state index < -0.39 is 5.41 Å². The third kappa shape index (κ3) is 3.24. The molecule has 0 spiro atoms. The number of rotatable bonds is 4. The molecule has 1 fully saturated rings. The van der Waals surface area contributed by atoms with Crippen molar-refractivity contribution in [2.75, 3.05) is 11.9 Å². The van der Waals surface area contributed by atoms with Gasteiger partial charge in [-0.05, 0) is 12.8 Å². The van der Waals surface area contributed by atoms with Gasteiger partial charge in [-0.1, -0.05) is 25.7 Å². The van der Waals surface area contributed by atoms with Gasteiger partial charge in [0.05, 0.1) is 5.41 Å². The Balaban J connectivity index is 2.09. The molecule has 1 amide bonds. The summed E-state index contributed by atoms with van der Waals surface area (Å²) in [7, 11) is 0. The first kappa shape index (κ1) is 15.1. The fraction of sp³-hybridized carbons (Fsp3) is 0.643. The van der Waals surface area contributed by atoms with Crippen LogP contribution in [-0.2, 0) is 4.79 Å². The number of aromatic nitrogens is 1. The summed E-state index contributed by atoms with van der Waals surface area (Å²) in [6.07, 6.45) is 6.09. The highest BCUT2D eigenvalue weighted by Gasteiger charge is 2.37. The maximum Gasteiger partial charge on any atom is 0.233 e. The first-order valence-electron chi connectivity index (χ1n) is 7.05. The second-order valence-corrected chi connectivity index (χ2v) is 6.30. The SMILES string of the molecule is CC(=O)c1csc(NC(=O)C2(CN)CCCCCC2)n1. The Kier molecular flexibility index (Phi) is 4.88. The predicted octanol–water partition coefficient (Wildman–Crippen LogP) is 2.58. The van der Waals surface area contributed by atoms with Crippen LogP contribution >= 0.6 is 11.3 Å². The molecule has 1 aromatic rings. The van der Waals surface area contributed by atoms with E-state index in [0.29, 0.717) is 17.4 Å². The van der Waals surface area contributed by atoms with Crippen molar-refractivity contribution in [1.29, 1.82) is 0 Å². The summed E-state index contributed by atoms with van der Waals surface area (Å²) in [6.45, 7) is 1.83. The van der Waals surface area contributed by atoms with Crippen LogP contribution in [0.3, 0.4) is 0 Å². The fourth-order valence-corrected chi connectivity index (χ4v) is 3.40. The molecule has 6 heteroatoms. The number of hydrogen-bond acceptors (Lipinski definition) is 5. The van der Waals surface area contributed by atoms with E-state index in [2.05, 4.69) is 10.3 Å². The van der Waals surface area contributed by atoms with Crippen LogP contribution in [0.15, 0.2) is 5.38 Å². The predicted molar refractivity (Wildman–Crippen MR) is 79.9 cm³/mol. The Morgan fingerprint density at radius 1 is 1.35 bits per heavy atom. The molecule has 110 valence electrons. The monoisotopic (exact) mass is 295 g/mol. The van der Waals surface area contributed by atoms with Gasteiger partial charge in [0.25, 0.3) is 0 Å². The van der Waals surface area contributed by atoms with E-state index in [-0.39, 0.29) is 11.7 Å². The molecule has 20 heavy (non-hydrogen) atoms. The number of nitrogens with zero attached hydrogens (tertiary/aromatic N) is 1. The number of carbonyl (C=O) groups excluding carboxylic acids is 2. The van der Waals surface area contributed by atoms with Gasteiger partial charge < -0.3 is 11.1 Å². The van der Waals surface area contributed by atoms with Gasteiger partial charge in [-0.25, -0.2) is 4.98 Å². The second-order valence-electron chi connectivity index (χ2n) is 5.45. The van der Waals surface area contributed by atoms with Crippen LogP contribution in [0.2, 0.25) is 0 Å². The maximum absolute atomic E-state index is 12.5. The molecule has 1 aromatic heterocycles. The van der Waals surface area contributed by atoms with Crippen molar-refractivity contribution < 1.29 is 9.59 Å². The second kappa shape index (κ2) is 6.45. The highest BCUT2D eigenvalue weighted by atomic mass is 32.1. The Bertz CT molecular complexity index is 490. The van der Waals surface area contributed by atoms with E-state index in [1.165, 1.54) is 31.1 Å². The van der Waals surface area contributed by atoms with Crippen LogP contribution in [0, 0.1) is 5.41 Å². The van der Waals surface area contributed by atoms with Gasteiger partial charge in [0.2, 0.25) is 5.91 Å². The number of carbonyl (C=O) groups is 2. The van der Waals surface area contributed by atoms with Gasteiger partial charge in [0.1, 0.15) is 5.69 Å². The number of ketones is 1. The molecule has 0 atom stereocenters. The van der Waals surface area contributed by atoms with Crippen molar-refractivity contribution in [2.24, 2.45) is 11.1 Å². The highest BCUT2D eigenvalue weighted by Crippen LogP contribution is 2.35. The summed E-state index contributed by atoms with van der Waals surface area (Å²) in [6, 6.07) is 0. The standard InChI is InChI=1S/C14H21N3O2S/c1-10(18)11-8-20-13(16-11)17-12(19)14(9-15)6-4-2-3-5-7-14/h8H,2-7,9,15H2,1H3,(H,16,17,19). The third-order valence-electron chi connectivity index (χ3n) is 4.02. The van der Waals surface area contributed by atoms with Crippen LogP contribution in [-0.4, -0.2) is 23.2 Å². The van der Waals surface area contributed by atoms with E-state index >= 15 is 0 Å². The minimum atomic E-state index is -0.474. The smallest absolute Gasteiger partial charge is 0.233 e. The molecule has 1 aliphatic carbocycles. The zero-order valence-corrected chi connectivity index (χ0v) is 12.6. The van der Waals surface area contributed by atoms with Crippen molar-refractivity contribution in [3.8, 4) is 0 Å². The lowest BCUT2D eigenvalue weighted by Gasteiger charge is -2.29. The molecule has 0 unspecified atom stereocenters. The van der Waals surface area contributed by atoms with Crippen molar-refractivity contribution in [1.82, 2.24) is 4.98 Å². The van der Waals surface area contributed by atoms with Crippen LogP contribution in [0.1, 0.15) is 55.9 Å². The number of nitrogens with one attached hydrogen (secondary N) is 1.